The van der Waals surface area contributed by atoms with Crippen molar-refractivity contribution in [2.45, 2.75) is 144 Å². The summed E-state index contributed by atoms with van der Waals surface area (Å²) in [4.78, 5) is 25.0. The van der Waals surface area contributed by atoms with E-state index in [0.29, 0.717) is 51.4 Å². The van der Waals surface area contributed by atoms with Crippen molar-refractivity contribution in [1.82, 2.24) is 0 Å². The van der Waals surface area contributed by atoms with Crippen molar-refractivity contribution >= 4 is 12.3 Å². The lowest BCUT2D eigenvalue weighted by atomic mass is 9.42. The zero-order chi connectivity index (χ0) is 35.9. The van der Waals surface area contributed by atoms with Crippen molar-refractivity contribution in [3.8, 4) is 0 Å². The van der Waals surface area contributed by atoms with Crippen LogP contribution in [0.5, 0.6) is 0 Å². The molecule has 7 aliphatic rings. The maximum Gasteiger partial charge on any atom is 0.331 e. The topological polar surface area (TPSA) is 242 Å². The van der Waals surface area contributed by atoms with E-state index in [1.807, 2.05) is 6.92 Å². The van der Waals surface area contributed by atoms with Crippen molar-refractivity contribution in [2.75, 3.05) is 13.2 Å². The Kier molecular flexibility index (Phi) is 9.82. The summed E-state index contributed by atoms with van der Waals surface area (Å²) >= 11 is 0. The standard InChI is InChI=1S/C35H52O15/c1-15-30(50-32-28(43)26(41)25(40)22(12-36)49-32)27(42)29(44)31(47-15)48-18-5-7-34(14-37)17(10-18)3-4-20-24(34)21(38)11-33(2)19(6-8-35(20,33)45)16-9-23(39)46-13-16/h9,14-15,17-22,24-32,36,38,40-45H,3-8,10-13H2,1-2H3/t15-,17-,18+,19-,20-,21-,22-,24-,25-,26-,27+,28-,29-,30-,31+,32-,33-,34-,35+/m1/s1. The maximum atomic E-state index is 13.2. The number of aliphatic hydroxyl groups excluding tert-OH is 7. The van der Waals surface area contributed by atoms with Gasteiger partial charge in [-0.1, -0.05) is 6.92 Å². The van der Waals surface area contributed by atoms with Crippen LogP contribution in [0.2, 0.25) is 0 Å². The molecule has 4 aliphatic carbocycles. The SMILES string of the molecule is C[C@H]1O[C@@H](O[C@H]2CC[C@@]3(C=O)[C@H](CC[C@@H]4[C@@H]3[C@H](O)C[C@]3(C)[C@@H](C5=CC(=O)OC5)CC[C@]43O)C2)[C@H](O)[C@H](O)[C@@H]1O[C@H]1O[C@H](CO)[C@@H](O)[C@@H](O)[C@H]1O. The van der Waals surface area contributed by atoms with Crippen LogP contribution in [0, 0.1) is 34.5 Å². The van der Waals surface area contributed by atoms with Crippen LogP contribution < -0.4 is 0 Å². The molecule has 15 heteroatoms. The number of hydrogen-bond acceptors (Lipinski definition) is 15. The summed E-state index contributed by atoms with van der Waals surface area (Å²) in [6.45, 7) is 3.12. The third kappa shape index (κ3) is 5.54. The molecule has 0 aromatic carbocycles. The lowest BCUT2D eigenvalue weighted by Crippen LogP contribution is -2.67. The predicted octanol–water partition coefficient (Wildman–Crippen LogP) is -1.57. The number of rotatable bonds is 7. The first-order chi connectivity index (χ1) is 23.7. The largest absolute Gasteiger partial charge is 0.458 e. The van der Waals surface area contributed by atoms with Gasteiger partial charge in [0.15, 0.2) is 12.6 Å². The molecule has 0 unspecified atom stereocenters. The van der Waals surface area contributed by atoms with Crippen LogP contribution in [-0.2, 0) is 33.3 Å². The van der Waals surface area contributed by atoms with E-state index in [-0.39, 0.29) is 30.3 Å². The minimum absolute atomic E-state index is 0.106. The maximum absolute atomic E-state index is 13.2. The number of carbonyl (C=O) groups excluding carboxylic acids is 2. The fourth-order valence-electron chi connectivity index (χ4n) is 11.3. The van der Waals surface area contributed by atoms with Crippen LogP contribution in [0.15, 0.2) is 11.6 Å². The van der Waals surface area contributed by atoms with Crippen LogP contribution in [0.1, 0.15) is 65.2 Å². The molecule has 3 aliphatic heterocycles. The number of aliphatic hydroxyl groups is 8. The molecule has 0 spiro atoms. The third-order valence-electron chi connectivity index (χ3n) is 13.9. The van der Waals surface area contributed by atoms with Gasteiger partial charge in [0.1, 0.15) is 55.6 Å². The molecular formula is C35H52O15. The van der Waals surface area contributed by atoms with Crippen LogP contribution in [0.3, 0.4) is 0 Å². The second-order valence-corrected chi connectivity index (χ2v) is 16.2. The molecule has 282 valence electrons. The Balaban J connectivity index is 1.02. The van der Waals surface area contributed by atoms with E-state index in [4.69, 9.17) is 23.7 Å². The number of aldehydes is 1. The van der Waals surface area contributed by atoms with E-state index in [9.17, 15) is 50.4 Å². The number of cyclic esters (lactones) is 1. The highest BCUT2D eigenvalue weighted by Crippen LogP contribution is 2.69. The van der Waals surface area contributed by atoms with E-state index < -0.39 is 103 Å². The molecule has 0 amide bonds. The highest BCUT2D eigenvalue weighted by Gasteiger charge is 2.71. The molecule has 6 fully saturated rings. The first-order valence-electron chi connectivity index (χ1n) is 18.1. The Labute approximate surface area is 290 Å². The molecule has 3 heterocycles. The Hall–Kier alpha value is -1.60. The Bertz CT molecular complexity index is 1330. The van der Waals surface area contributed by atoms with Gasteiger partial charge in [-0.05, 0) is 81.6 Å². The van der Waals surface area contributed by atoms with Gasteiger partial charge in [-0.25, -0.2) is 4.79 Å². The van der Waals surface area contributed by atoms with Crippen LogP contribution in [0.25, 0.3) is 0 Å². The van der Waals surface area contributed by atoms with Crippen LogP contribution >= 0.6 is 0 Å². The first-order valence-corrected chi connectivity index (χ1v) is 18.1. The fourth-order valence-corrected chi connectivity index (χ4v) is 11.3. The van der Waals surface area contributed by atoms with Gasteiger partial charge >= 0.3 is 5.97 Å². The molecule has 2 saturated heterocycles. The van der Waals surface area contributed by atoms with Crippen LogP contribution in [0.4, 0.5) is 0 Å². The quantitative estimate of drug-likeness (QED) is 0.0845. The van der Waals surface area contributed by atoms with Gasteiger partial charge in [0.2, 0.25) is 0 Å². The molecule has 0 aromatic heterocycles. The van der Waals surface area contributed by atoms with E-state index in [1.54, 1.807) is 6.92 Å². The second kappa shape index (κ2) is 13.4. The number of hydrogen-bond donors (Lipinski definition) is 8. The number of fused-ring (bicyclic) bond motifs is 5. The van der Waals surface area contributed by atoms with E-state index in [1.165, 1.54) is 6.08 Å². The van der Waals surface area contributed by atoms with E-state index in [0.717, 1.165) is 11.9 Å². The molecule has 0 bridgehead atoms. The zero-order valence-electron chi connectivity index (χ0n) is 28.4. The van der Waals surface area contributed by atoms with Crippen molar-refractivity contribution in [3.05, 3.63) is 11.6 Å². The summed E-state index contributed by atoms with van der Waals surface area (Å²) in [6.07, 6.45) is -9.03. The van der Waals surface area contributed by atoms with Crippen molar-refractivity contribution in [3.63, 3.8) is 0 Å². The molecular weight excluding hydrogens is 660 g/mol. The average Bonchev–Trinajstić information content (AvgIpc) is 3.64. The van der Waals surface area contributed by atoms with Gasteiger partial charge in [-0.15, -0.1) is 0 Å². The van der Waals surface area contributed by atoms with E-state index >= 15 is 0 Å². The molecule has 50 heavy (non-hydrogen) atoms. The number of carbonyl (C=O) groups is 2. The Morgan fingerprint density at radius 2 is 1.64 bits per heavy atom. The summed E-state index contributed by atoms with van der Waals surface area (Å²) in [5, 5.41) is 86.5. The summed E-state index contributed by atoms with van der Waals surface area (Å²) in [7, 11) is 0. The molecule has 0 aromatic rings. The highest BCUT2D eigenvalue weighted by atomic mass is 16.7. The molecule has 15 nitrogen and oxygen atoms in total. The lowest BCUT2D eigenvalue weighted by Gasteiger charge is -2.64. The Morgan fingerprint density at radius 1 is 0.920 bits per heavy atom. The zero-order valence-corrected chi connectivity index (χ0v) is 28.4. The normalized spacial score (nSPS) is 55.0. The van der Waals surface area contributed by atoms with Crippen molar-refractivity contribution in [2.24, 2.45) is 34.5 Å². The molecule has 0 radical (unpaired) electrons. The monoisotopic (exact) mass is 712 g/mol. The summed E-state index contributed by atoms with van der Waals surface area (Å²) in [6, 6.07) is 0. The summed E-state index contributed by atoms with van der Waals surface area (Å²) in [5.41, 5.74) is -1.83. The Morgan fingerprint density at radius 3 is 2.32 bits per heavy atom. The molecule has 7 rings (SSSR count). The fraction of sp³-hybridized carbons (Fsp3) is 0.886. The number of ether oxygens (including phenoxy) is 5. The van der Waals surface area contributed by atoms with Gasteiger partial charge in [0, 0.05) is 22.8 Å². The summed E-state index contributed by atoms with van der Waals surface area (Å²) in [5.74, 6) is -1.41. The third-order valence-corrected chi connectivity index (χ3v) is 13.9. The lowest BCUT2D eigenvalue weighted by molar-refractivity contribution is -0.360. The molecule has 4 saturated carbocycles. The minimum Gasteiger partial charge on any atom is -0.458 e. The van der Waals surface area contributed by atoms with Crippen LogP contribution in [-0.4, -0.2) is 146 Å². The van der Waals surface area contributed by atoms with Crippen molar-refractivity contribution < 1.29 is 74.1 Å². The van der Waals surface area contributed by atoms with Gasteiger partial charge < -0.3 is 69.3 Å². The van der Waals surface area contributed by atoms with Crippen molar-refractivity contribution in [1.29, 1.82) is 0 Å². The average molecular weight is 713 g/mol. The molecule has 19 atom stereocenters. The molecule has 8 N–H and O–H groups in total. The number of esters is 1. The second-order valence-electron chi connectivity index (χ2n) is 16.2. The van der Waals surface area contributed by atoms with E-state index in [2.05, 4.69) is 0 Å². The first kappa shape index (κ1) is 36.7. The smallest absolute Gasteiger partial charge is 0.331 e. The van der Waals surface area contributed by atoms with Gasteiger partial charge in [0.05, 0.1) is 30.5 Å². The minimum atomic E-state index is -1.70. The summed E-state index contributed by atoms with van der Waals surface area (Å²) < 4.78 is 28.5. The highest BCUT2D eigenvalue weighted by molar-refractivity contribution is 5.85. The van der Waals surface area contributed by atoms with Gasteiger partial charge in [0.25, 0.3) is 0 Å². The van der Waals surface area contributed by atoms with Gasteiger partial charge in [-0.2, -0.15) is 0 Å². The van der Waals surface area contributed by atoms with Gasteiger partial charge in [-0.3, -0.25) is 0 Å². The predicted molar refractivity (Wildman–Crippen MR) is 167 cm³/mol.